The summed E-state index contributed by atoms with van der Waals surface area (Å²) in [6, 6.07) is 13.2. The normalized spacial score (nSPS) is 13.3. The van der Waals surface area contributed by atoms with Gasteiger partial charge in [0, 0.05) is 19.2 Å². The summed E-state index contributed by atoms with van der Waals surface area (Å²) in [5.74, 6) is -2.46. The number of nitrogens with zero attached hydrogens (tertiary/aromatic N) is 1. The van der Waals surface area contributed by atoms with Crippen molar-refractivity contribution in [3.8, 4) is 17.2 Å². The van der Waals surface area contributed by atoms with Crippen molar-refractivity contribution in [2.75, 3.05) is 13.9 Å². The SMILES string of the molecule is COc1ccnc(C(=O)N[C@H](C(=O)O[C@@H](C)[C@H](Oc2ccc(C(F)(F)F)cc2)c2ccccc2)C(C)C)c1OCOC(C)=O. The van der Waals surface area contributed by atoms with Gasteiger partial charge in [0.25, 0.3) is 5.91 Å². The number of carbonyl (C=O) groups excluding carboxylic acids is 3. The number of amides is 1. The van der Waals surface area contributed by atoms with Crippen LogP contribution >= 0.6 is 0 Å². The average molecular weight is 619 g/mol. The third-order valence-corrected chi connectivity index (χ3v) is 6.28. The lowest BCUT2D eigenvalue weighted by Crippen LogP contribution is -2.47. The van der Waals surface area contributed by atoms with Crippen LogP contribution in [-0.4, -0.2) is 48.9 Å². The monoisotopic (exact) mass is 618 g/mol. The van der Waals surface area contributed by atoms with Gasteiger partial charge in [0.2, 0.25) is 6.79 Å². The number of hydrogen-bond acceptors (Lipinski definition) is 9. The summed E-state index contributed by atoms with van der Waals surface area (Å²) in [4.78, 5) is 41.9. The van der Waals surface area contributed by atoms with Gasteiger partial charge < -0.3 is 29.0 Å². The summed E-state index contributed by atoms with van der Waals surface area (Å²) in [6.07, 6.45) is -5.04. The maximum atomic E-state index is 13.4. The lowest BCUT2D eigenvalue weighted by Gasteiger charge is -2.28. The summed E-state index contributed by atoms with van der Waals surface area (Å²) in [6.45, 7) is 5.64. The van der Waals surface area contributed by atoms with Crippen LogP contribution in [0.3, 0.4) is 0 Å². The molecule has 10 nitrogen and oxygen atoms in total. The zero-order valence-corrected chi connectivity index (χ0v) is 24.7. The molecule has 44 heavy (non-hydrogen) atoms. The van der Waals surface area contributed by atoms with Crippen LogP contribution in [0.1, 0.15) is 55.4 Å². The molecule has 1 N–H and O–H groups in total. The third kappa shape index (κ3) is 9.09. The van der Waals surface area contributed by atoms with E-state index in [-0.39, 0.29) is 22.9 Å². The first-order valence-corrected chi connectivity index (χ1v) is 13.5. The Morgan fingerprint density at radius 1 is 0.955 bits per heavy atom. The van der Waals surface area contributed by atoms with Crippen molar-refractivity contribution in [3.63, 3.8) is 0 Å². The number of carbonyl (C=O) groups is 3. The van der Waals surface area contributed by atoms with E-state index in [9.17, 15) is 27.6 Å². The van der Waals surface area contributed by atoms with Gasteiger partial charge in [-0.1, -0.05) is 44.2 Å². The fraction of sp³-hybridized carbons (Fsp3) is 0.355. The van der Waals surface area contributed by atoms with Crippen LogP contribution in [-0.2, 0) is 25.2 Å². The van der Waals surface area contributed by atoms with Crippen molar-refractivity contribution in [2.24, 2.45) is 5.92 Å². The molecule has 3 atom stereocenters. The second-order valence-corrected chi connectivity index (χ2v) is 9.90. The molecule has 0 aliphatic carbocycles. The number of nitrogens with one attached hydrogen (secondary N) is 1. The van der Waals surface area contributed by atoms with Gasteiger partial charge >= 0.3 is 18.1 Å². The van der Waals surface area contributed by atoms with E-state index in [0.29, 0.717) is 5.56 Å². The zero-order chi connectivity index (χ0) is 32.4. The van der Waals surface area contributed by atoms with Crippen LogP contribution < -0.4 is 19.5 Å². The molecule has 0 saturated carbocycles. The number of hydrogen-bond donors (Lipinski definition) is 1. The number of aromatic nitrogens is 1. The first-order valence-electron chi connectivity index (χ1n) is 13.5. The fourth-order valence-corrected chi connectivity index (χ4v) is 4.04. The molecular weight excluding hydrogens is 585 g/mol. The van der Waals surface area contributed by atoms with Crippen molar-refractivity contribution in [1.82, 2.24) is 10.3 Å². The highest BCUT2D eigenvalue weighted by Gasteiger charge is 2.33. The van der Waals surface area contributed by atoms with Gasteiger partial charge in [0.05, 0.1) is 12.7 Å². The smallest absolute Gasteiger partial charge is 0.416 e. The van der Waals surface area contributed by atoms with E-state index in [2.05, 4.69) is 10.3 Å². The molecule has 0 aliphatic heterocycles. The molecule has 1 heterocycles. The molecule has 1 aromatic heterocycles. The predicted octanol–water partition coefficient (Wildman–Crippen LogP) is 5.51. The van der Waals surface area contributed by atoms with Gasteiger partial charge in [-0.2, -0.15) is 13.2 Å². The van der Waals surface area contributed by atoms with Crippen LogP contribution in [0.25, 0.3) is 0 Å². The molecule has 0 saturated heterocycles. The zero-order valence-electron chi connectivity index (χ0n) is 24.7. The molecule has 236 valence electrons. The Bertz CT molecular complexity index is 1420. The van der Waals surface area contributed by atoms with E-state index in [4.69, 9.17) is 23.7 Å². The van der Waals surface area contributed by atoms with Gasteiger partial charge in [-0.3, -0.25) is 9.59 Å². The molecule has 0 aliphatic rings. The molecule has 0 spiro atoms. The molecule has 1 amide bonds. The third-order valence-electron chi connectivity index (χ3n) is 6.28. The Labute approximate surface area is 252 Å². The molecular formula is C31H33F3N2O8. The Kier molecular flexibility index (Phi) is 11.5. The summed E-state index contributed by atoms with van der Waals surface area (Å²) < 4.78 is 66.3. The minimum absolute atomic E-state index is 0.105. The van der Waals surface area contributed by atoms with Crippen molar-refractivity contribution in [2.45, 2.75) is 52.1 Å². The standard InChI is InChI=1S/C31H33F3N2O8/c1-18(2)25(36-29(38)26-28(42-17-41-20(4)37)24(40-5)15-16-35-26)30(39)43-19(3)27(21-9-7-6-8-10-21)44-23-13-11-22(12-14-23)31(32,33)34/h6-16,18-19,25,27H,17H2,1-5H3,(H,36,38)/t19-,25-,27-/m0/s1. The largest absolute Gasteiger partial charge is 0.493 e. The van der Waals surface area contributed by atoms with Crippen LogP contribution in [0.4, 0.5) is 13.2 Å². The lowest BCUT2D eigenvalue weighted by molar-refractivity contribution is -0.156. The van der Waals surface area contributed by atoms with E-state index >= 15 is 0 Å². The summed E-state index contributed by atoms with van der Waals surface area (Å²) in [5.41, 5.74) is -0.453. The van der Waals surface area contributed by atoms with Gasteiger partial charge in [-0.05, 0) is 42.7 Å². The topological polar surface area (TPSA) is 122 Å². The minimum Gasteiger partial charge on any atom is -0.493 e. The van der Waals surface area contributed by atoms with Gasteiger partial charge in [0.15, 0.2) is 23.3 Å². The van der Waals surface area contributed by atoms with E-state index in [1.54, 1.807) is 51.1 Å². The molecule has 0 fully saturated rings. The van der Waals surface area contributed by atoms with Crippen molar-refractivity contribution >= 4 is 17.8 Å². The number of pyridine rings is 1. The van der Waals surface area contributed by atoms with Gasteiger partial charge in [-0.15, -0.1) is 0 Å². The fourth-order valence-electron chi connectivity index (χ4n) is 4.04. The number of benzene rings is 2. The second-order valence-electron chi connectivity index (χ2n) is 9.90. The maximum Gasteiger partial charge on any atom is 0.416 e. The number of rotatable bonds is 13. The quantitative estimate of drug-likeness (QED) is 0.195. The minimum atomic E-state index is -4.51. The Morgan fingerprint density at radius 3 is 2.18 bits per heavy atom. The van der Waals surface area contributed by atoms with Crippen molar-refractivity contribution in [1.29, 1.82) is 0 Å². The van der Waals surface area contributed by atoms with Crippen molar-refractivity contribution < 1.29 is 51.2 Å². The van der Waals surface area contributed by atoms with Crippen LogP contribution in [0.2, 0.25) is 0 Å². The highest BCUT2D eigenvalue weighted by molar-refractivity contribution is 5.98. The molecule has 3 aromatic rings. The van der Waals surface area contributed by atoms with Gasteiger partial charge in [0.1, 0.15) is 17.9 Å². The summed E-state index contributed by atoms with van der Waals surface area (Å²) in [5, 5.41) is 2.61. The van der Waals surface area contributed by atoms with E-state index in [0.717, 1.165) is 12.1 Å². The molecule has 3 rings (SSSR count). The Morgan fingerprint density at radius 2 is 1.61 bits per heavy atom. The van der Waals surface area contributed by atoms with Gasteiger partial charge in [-0.25, -0.2) is 9.78 Å². The first kappa shape index (κ1) is 33.7. The van der Waals surface area contributed by atoms with E-state index in [1.165, 1.54) is 38.4 Å². The highest BCUT2D eigenvalue weighted by atomic mass is 19.4. The molecule has 13 heteroatoms. The van der Waals surface area contributed by atoms with Crippen LogP contribution in [0.5, 0.6) is 17.2 Å². The Balaban J connectivity index is 1.80. The number of methoxy groups -OCH3 is 1. The number of esters is 2. The maximum absolute atomic E-state index is 13.4. The Hall–Kier alpha value is -4.81. The predicted molar refractivity (Wildman–Crippen MR) is 151 cm³/mol. The number of halogens is 3. The lowest BCUT2D eigenvalue weighted by atomic mass is 10.0. The van der Waals surface area contributed by atoms with E-state index in [1.807, 2.05) is 0 Å². The first-order chi connectivity index (χ1) is 20.8. The van der Waals surface area contributed by atoms with Crippen molar-refractivity contribution in [3.05, 3.63) is 83.7 Å². The molecule has 0 bridgehead atoms. The van der Waals surface area contributed by atoms with Crippen LogP contribution in [0, 0.1) is 5.92 Å². The number of ether oxygens (including phenoxy) is 5. The number of alkyl halides is 3. The van der Waals surface area contributed by atoms with E-state index < -0.39 is 60.5 Å². The molecule has 2 aromatic carbocycles. The molecule has 0 radical (unpaired) electrons. The summed E-state index contributed by atoms with van der Waals surface area (Å²) in [7, 11) is 1.35. The average Bonchev–Trinajstić information content (AvgIpc) is 2.98. The molecule has 0 unspecified atom stereocenters. The summed E-state index contributed by atoms with van der Waals surface area (Å²) >= 11 is 0. The highest BCUT2D eigenvalue weighted by Crippen LogP contribution is 2.33. The second kappa shape index (κ2) is 15.1. The van der Waals surface area contributed by atoms with Crippen LogP contribution in [0.15, 0.2) is 66.9 Å².